The molecule has 5 N–H and O–H groups in total. The lowest BCUT2D eigenvalue weighted by atomic mass is 9.96. The SMILES string of the molecule is CCCC(C)(N)C(=O)Nc1cc(C(=O)O)ccc1O. The maximum absolute atomic E-state index is 12.0. The van der Waals surface area contributed by atoms with Gasteiger partial charge in [0, 0.05) is 0 Å². The molecule has 6 nitrogen and oxygen atoms in total. The molecule has 0 aromatic heterocycles. The number of nitrogens with one attached hydrogen (secondary N) is 1. The molecule has 1 amide bonds. The van der Waals surface area contributed by atoms with Crippen LogP contribution in [0.1, 0.15) is 37.0 Å². The predicted octanol–water partition coefficient (Wildman–Crippen LogP) is 1.55. The first-order valence-corrected chi connectivity index (χ1v) is 5.94. The molecule has 0 radical (unpaired) electrons. The Hall–Kier alpha value is -2.08. The van der Waals surface area contributed by atoms with Gasteiger partial charge in [0.25, 0.3) is 0 Å². The van der Waals surface area contributed by atoms with Crippen LogP contribution in [-0.2, 0) is 4.79 Å². The zero-order valence-electron chi connectivity index (χ0n) is 10.9. The summed E-state index contributed by atoms with van der Waals surface area (Å²) in [6.45, 7) is 3.49. The molecule has 0 heterocycles. The number of amides is 1. The molecule has 0 fully saturated rings. The highest BCUT2D eigenvalue weighted by Gasteiger charge is 2.27. The number of anilines is 1. The van der Waals surface area contributed by atoms with Crippen LogP contribution in [0.3, 0.4) is 0 Å². The fourth-order valence-corrected chi connectivity index (χ4v) is 1.67. The number of benzene rings is 1. The second-order valence-corrected chi connectivity index (χ2v) is 4.66. The van der Waals surface area contributed by atoms with E-state index in [1.54, 1.807) is 6.92 Å². The minimum Gasteiger partial charge on any atom is -0.506 e. The fourth-order valence-electron chi connectivity index (χ4n) is 1.67. The molecule has 0 aliphatic carbocycles. The van der Waals surface area contributed by atoms with E-state index in [1.807, 2.05) is 6.92 Å². The summed E-state index contributed by atoms with van der Waals surface area (Å²) in [5, 5.41) is 20.9. The van der Waals surface area contributed by atoms with Crippen molar-refractivity contribution in [1.29, 1.82) is 0 Å². The van der Waals surface area contributed by atoms with Crippen molar-refractivity contribution in [2.24, 2.45) is 5.73 Å². The summed E-state index contributed by atoms with van der Waals surface area (Å²) in [5.41, 5.74) is 4.80. The van der Waals surface area contributed by atoms with Gasteiger partial charge in [0.1, 0.15) is 5.75 Å². The monoisotopic (exact) mass is 266 g/mol. The number of hydrogen-bond acceptors (Lipinski definition) is 4. The molecule has 1 atom stereocenters. The van der Waals surface area contributed by atoms with Crippen LogP contribution in [-0.4, -0.2) is 27.6 Å². The Labute approximate surface area is 111 Å². The average molecular weight is 266 g/mol. The summed E-state index contributed by atoms with van der Waals surface area (Å²) >= 11 is 0. The number of nitrogens with two attached hydrogens (primary N) is 1. The third-order valence-corrected chi connectivity index (χ3v) is 2.78. The van der Waals surface area contributed by atoms with E-state index in [-0.39, 0.29) is 17.0 Å². The Kier molecular flexibility index (Phi) is 4.50. The molecule has 1 unspecified atom stereocenters. The number of aromatic hydroxyl groups is 1. The minimum absolute atomic E-state index is 0.0256. The van der Waals surface area contributed by atoms with E-state index in [0.29, 0.717) is 6.42 Å². The van der Waals surface area contributed by atoms with Gasteiger partial charge in [-0.25, -0.2) is 4.79 Å². The zero-order valence-corrected chi connectivity index (χ0v) is 10.9. The summed E-state index contributed by atoms with van der Waals surface area (Å²) in [4.78, 5) is 22.8. The van der Waals surface area contributed by atoms with Crippen LogP contribution in [0, 0.1) is 0 Å². The van der Waals surface area contributed by atoms with Crippen molar-refractivity contribution in [3.8, 4) is 5.75 Å². The normalized spacial score (nSPS) is 13.6. The van der Waals surface area contributed by atoms with Gasteiger partial charge in [-0.05, 0) is 31.5 Å². The first kappa shape index (κ1) is 15.0. The Morgan fingerprint density at radius 1 is 1.42 bits per heavy atom. The van der Waals surface area contributed by atoms with Crippen LogP contribution < -0.4 is 11.1 Å². The molecule has 0 aliphatic rings. The summed E-state index contributed by atoms with van der Waals surface area (Å²) in [6.07, 6.45) is 1.22. The van der Waals surface area contributed by atoms with Crippen molar-refractivity contribution >= 4 is 17.6 Å². The van der Waals surface area contributed by atoms with Crippen molar-refractivity contribution in [3.05, 3.63) is 23.8 Å². The van der Waals surface area contributed by atoms with Crippen molar-refractivity contribution < 1.29 is 19.8 Å². The third-order valence-electron chi connectivity index (χ3n) is 2.78. The molecule has 19 heavy (non-hydrogen) atoms. The quantitative estimate of drug-likeness (QED) is 0.604. The summed E-state index contributed by atoms with van der Waals surface area (Å²) < 4.78 is 0. The van der Waals surface area contributed by atoms with E-state index in [1.165, 1.54) is 18.2 Å². The Bertz CT molecular complexity index is 497. The van der Waals surface area contributed by atoms with Crippen molar-refractivity contribution in [2.75, 3.05) is 5.32 Å². The highest BCUT2D eigenvalue weighted by atomic mass is 16.4. The Morgan fingerprint density at radius 2 is 2.05 bits per heavy atom. The minimum atomic E-state index is -1.14. The van der Waals surface area contributed by atoms with Gasteiger partial charge in [-0.2, -0.15) is 0 Å². The summed E-state index contributed by atoms with van der Waals surface area (Å²) in [6, 6.07) is 3.66. The van der Waals surface area contributed by atoms with Crippen molar-refractivity contribution in [2.45, 2.75) is 32.2 Å². The Balaban J connectivity index is 2.96. The van der Waals surface area contributed by atoms with Gasteiger partial charge in [-0.15, -0.1) is 0 Å². The van der Waals surface area contributed by atoms with E-state index in [0.717, 1.165) is 6.42 Å². The second kappa shape index (κ2) is 5.71. The van der Waals surface area contributed by atoms with E-state index in [2.05, 4.69) is 5.32 Å². The van der Waals surface area contributed by atoms with Crippen LogP contribution in [0.5, 0.6) is 5.75 Å². The highest BCUT2D eigenvalue weighted by Crippen LogP contribution is 2.25. The van der Waals surface area contributed by atoms with Gasteiger partial charge in [0.15, 0.2) is 0 Å². The van der Waals surface area contributed by atoms with Crippen LogP contribution >= 0.6 is 0 Å². The van der Waals surface area contributed by atoms with Gasteiger partial charge in [-0.3, -0.25) is 4.79 Å². The lowest BCUT2D eigenvalue weighted by molar-refractivity contribution is -0.120. The number of carbonyl (C=O) groups is 2. The van der Waals surface area contributed by atoms with Gasteiger partial charge in [-0.1, -0.05) is 13.3 Å². The van der Waals surface area contributed by atoms with E-state index >= 15 is 0 Å². The molecular formula is C13H18N2O4. The second-order valence-electron chi connectivity index (χ2n) is 4.66. The lowest BCUT2D eigenvalue weighted by Gasteiger charge is -2.23. The first-order valence-electron chi connectivity index (χ1n) is 5.94. The van der Waals surface area contributed by atoms with Crippen molar-refractivity contribution in [3.63, 3.8) is 0 Å². The van der Waals surface area contributed by atoms with Crippen LogP contribution in [0.25, 0.3) is 0 Å². The largest absolute Gasteiger partial charge is 0.506 e. The number of phenols is 1. The highest BCUT2D eigenvalue weighted by molar-refractivity contribution is 6.00. The van der Waals surface area contributed by atoms with Crippen molar-refractivity contribution in [1.82, 2.24) is 0 Å². The number of carbonyl (C=O) groups excluding carboxylic acids is 1. The predicted molar refractivity (Wildman–Crippen MR) is 71.2 cm³/mol. The number of rotatable bonds is 5. The number of carboxylic acid groups (broad SMARTS) is 1. The molecule has 1 aromatic rings. The molecule has 1 aromatic carbocycles. The molecule has 6 heteroatoms. The van der Waals surface area contributed by atoms with Crippen LogP contribution in [0.2, 0.25) is 0 Å². The van der Waals surface area contributed by atoms with E-state index in [9.17, 15) is 14.7 Å². The number of hydrogen-bond donors (Lipinski definition) is 4. The summed E-state index contributed by atoms with van der Waals surface area (Å²) in [5.74, 6) is -1.81. The number of carboxylic acids is 1. The molecule has 1 rings (SSSR count). The van der Waals surface area contributed by atoms with Crippen LogP contribution in [0.4, 0.5) is 5.69 Å². The van der Waals surface area contributed by atoms with Gasteiger partial charge in [0.05, 0.1) is 16.8 Å². The van der Waals surface area contributed by atoms with Crippen LogP contribution in [0.15, 0.2) is 18.2 Å². The number of aromatic carboxylic acids is 1. The standard InChI is InChI=1S/C13H18N2O4/c1-3-6-13(2,14)12(19)15-9-7-8(11(17)18)4-5-10(9)16/h4-5,7,16H,3,6,14H2,1-2H3,(H,15,19)(H,17,18). The molecule has 104 valence electrons. The third kappa shape index (κ3) is 3.69. The molecule has 0 saturated heterocycles. The fraction of sp³-hybridized carbons (Fsp3) is 0.385. The van der Waals surface area contributed by atoms with Gasteiger partial charge < -0.3 is 21.3 Å². The molecule has 0 bridgehead atoms. The first-order chi connectivity index (χ1) is 8.77. The molecular weight excluding hydrogens is 248 g/mol. The van der Waals surface area contributed by atoms with Gasteiger partial charge >= 0.3 is 5.97 Å². The lowest BCUT2D eigenvalue weighted by Crippen LogP contribution is -2.48. The zero-order chi connectivity index (χ0) is 14.6. The smallest absolute Gasteiger partial charge is 0.335 e. The Morgan fingerprint density at radius 3 is 2.58 bits per heavy atom. The maximum atomic E-state index is 12.0. The maximum Gasteiger partial charge on any atom is 0.335 e. The number of phenolic OH excluding ortho intramolecular Hbond substituents is 1. The topological polar surface area (TPSA) is 113 Å². The molecule has 0 saturated carbocycles. The molecule has 0 aliphatic heterocycles. The average Bonchev–Trinajstić information content (AvgIpc) is 2.31. The van der Waals surface area contributed by atoms with E-state index < -0.39 is 17.4 Å². The van der Waals surface area contributed by atoms with E-state index in [4.69, 9.17) is 10.8 Å². The summed E-state index contributed by atoms with van der Waals surface area (Å²) in [7, 11) is 0. The van der Waals surface area contributed by atoms with Gasteiger partial charge in [0.2, 0.25) is 5.91 Å². The molecule has 0 spiro atoms.